The molecule has 1 aromatic carbocycles. The van der Waals surface area contributed by atoms with Crippen LogP contribution in [0.25, 0.3) is 0 Å². The molecule has 2 aliphatic carbocycles. The Bertz CT molecular complexity index is 779. The second-order valence-corrected chi connectivity index (χ2v) is 13.1. The second-order valence-electron chi connectivity index (χ2n) is 12.5. The Labute approximate surface area is 213 Å². The fraction of sp³-hybridized carbons (Fsp3) is 0.759. The van der Waals surface area contributed by atoms with Gasteiger partial charge in [-0.2, -0.15) is 0 Å². The molecule has 0 heterocycles. The number of hydrogen-bond donors (Lipinski definition) is 2. The van der Waals surface area contributed by atoms with E-state index in [2.05, 4.69) is 70.3 Å². The van der Waals surface area contributed by atoms with Crippen LogP contribution in [0.15, 0.2) is 30.3 Å². The molecule has 2 nitrogen and oxygen atoms in total. The van der Waals surface area contributed by atoms with Gasteiger partial charge in [0.05, 0.1) is 5.49 Å². The highest BCUT2D eigenvalue weighted by Gasteiger charge is 2.58. The topological polar surface area (TPSA) is 38.0 Å². The Balaban J connectivity index is 1.90. The van der Waals surface area contributed by atoms with Crippen molar-refractivity contribution in [1.82, 2.24) is 5.32 Å². The number of alkyl halides is 1. The van der Waals surface area contributed by atoms with Gasteiger partial charge in [0, 0.05) is 18.5 Å². The maximum Gasteiger partial charge on any atom is 0.0615 e. The third-order valence-electron chi connectivity index (χ3n) is 9.94. The van der Waals surface area contributed by atoms with E-state index in [4.69, 9.17) is 29.6 Å². The van der Waals surface area contributed by atoms with Crippen molar-refractivity contribution in [3.05, 3.63) is 35.9 Å². The summed E-state index contributed by atoms with van der Waals surface area (Å²) in [6.07, 6.45) is 9.82. The fourth-order valence-corrected chi connectivity index (χ4v) is 8.38. The SMILES string of the molecule is CCC1(CCCl)C(C)CC2(c3ccccc3)CC1CC(C)(CCC(N)C(C)(C)CNC=S)C2. The van der Waals surface area contributed by atoms with Crippen molar-refractivity contribution in [3.63, 3.8) is 0 Å². The molecule has 0 amide bonds. The van der Waals surface area contributed by atoms with Crippen molar-refractivity contribution < 1.29 is 0 Å². The van der Waals surface area contributed by atoms with Crippen LogP contribution in [-0.2, 0) is 5.41 Å². The van der Waals surface area contributed by atoms with E-state index in [1.54, 1.807) is 11.1 Å². The Kier molecular flexibility index (Phi) is 8.61. The minimum Gasteiger partial charge on any atom is -0.382 e. The average molecular weight is 491 g/mol. The first-order chi connectivity index (χ1) is 15.6. The van der Waals surface area contributed by atoms with Crippen molar-refractivity contribution in [1.29, 1.82) is 0 Å². The number of benzene rings is 1. The summed E-state index contributed by atoms with van der Waals surface area (Å²) in [5, 5.41) is 3.21. The van der Waals surface area contributed by atoms with Gasteiger partial charge in [0.1, 0.15) is 0 Å². The molecular formula is C29H47ClN2S. The second kappa shape index (κ2) is 10.5. The predicted octanol–water partition coefficient (Wildman–Crippen LogP) is 7.48. The molecule has 0 aromatic heterocycles. The highest BCUT2D eigenvalue weighted by atomic mass is 35.5. The lowest BCUT2D eigenvalue weighted by Gasteiger charge is -2.63. The van der Waals surface area contributed by atoms with Crippen molar-refractivity contribution in [2.75, 3.05) is 12.4 Å². The highest BCUT2D eigenvalue weighted by Crippen LogP contribution is 2.66. The molecule has 0 spiro atoms. The van der Waals surface area contributed by atoms with E-state index >= 15 is 0 Å². The Morgan fingerprint density at radius 3 is 2.52 bits per heavy atom. The van der Waals surface area contributed by atoms with E-state index in [-0.39, 0.29) is 16.9 Å². The van der Waals surface area contributed by atoms with E-state index in [1.807, 2.05) is 0 Å². The van der Waals surface area contributed by atoms with E-state index in [1.165, 1.54) is 38.5 Å². The molecule has 0 radical (unpaired) electrons. The van der Waals surface area contributed by atoms with Gasteiger partial charge in [-0.05, 0) is 90.4 Å². The third-order valence-corrected chi connectivity index (χ3v) is 10.3. The molecule has 6 unspecified atom stereocenters. The molecule has 0 saturated heterocycles. The molecule has 0 aliphatic heterocycles. The Morgan fingerprint density at radius 1 is 1.21 bits per heavy atom. The van der Waals surface area contributed by atoms with Gasteiger partial charge in [-0.3, -0.25) is 0 Å². The smallest absolute Gasteiger partial charge is 0.0615 e. The molecular weight excluding hydrogens is 444 g/mol. The fourth-order valence-electron chi connectivity index (χ4n) is 7.94. The monoisotopic (exact) mass is 490 g/mol. The normalized spacial score (nSPS) is 35.1. The minimum atomic E-state index is 0.0215. The standard InChI is InChI=1S/C29H47ClN2S/c1-6-29(14-15-30)22(2)16-28(23-10-8-7-9-11-23)18-24(29)17-27(5,19-28)13-12-25(31)26(3,4)20-32-21-33/h7-11,21-22,24-25H,6,12-20,31H2,1-5H3,(H,32,33). The van der Waals surface area contributed by atoms with E-state index in [0.717, 1.165) is 31.2 Å². The lowest BCUT2D eigenvalue weighted by molar-refractivity contribution is -0.0911. The van der Waals surface area contributed by atoms with E-state index in [0.29, 0.717) is 16.7 Å². The largest absolute Gasteiger partial charge is 0.382 e. The van der Waals surface area contributed by atoms with Crippen molar-refractivity contribution in [2.45, 2.75) is 97.4 Å². The van der Waals surface area contributed by atoms with Crippen LogP contribution in [0.5, 0.6) is 0 Å². The summed E-state index contributed by atoms with van der Waals surface area (Å²) in [7, 11) is 0. The van der Waals surface area contributed by atoms with Gasteiger partial charge in [-0.25, -0.2) is 0 Å². The first-order valence-electron chi connectivity index (χ1n) is 13.1. The zero-order valence-corrected chi connectivity index (χ0v) is 23.2. The minimum absolute atomic E-state index is 0.0215. The van der Waals surface area contributed by atoms with Gasteiger partial charge < -0.3 is 11.1 Å². The average Bonchev–Trinajstić information content (AvgIpc) is 2.79. The molecule has 3 rings (SSSR count). The first kappa shape index (κ1) is 27.0. The molecule has 2 bridgehead atoms. The number of halogens is 1. The van der Waals surface area contributed by atoms with Crippen LogP contribution < -0.4 is 11.1 Å². The van der Waals surface area contributed by atoms with Crippen LogP contribution in [-0.4, -0.2) is 24.0 Å². The van der Waals surface area contributed by atoms with Crippen LogP contribution in [0.3, 0.4) is 0 Å². The summed E-state index contributed by atoms with van der Waals surface area (Å²) < 4.78 is 0. The molecule has 2 aliphatic rings. The first-order valence-corrected chi connectivity index (χ1v) is 14.1. The summed E-state index contributed by atoms with van der Waals surface area (Å²) in [6, 6.07) is 11.6. The van der Waals surface area contributed by atoms with Crippen molar-refractivity contribution in [3.8, 4) is 0 Å². The summed E-state index contributed by atoms with van der Waals surface area (Å²) in [6.45, 7) is 12.8. The number of fused-ring (bicyclic) bond motifs is 2. The molecule has 4 heteroatoms. The summed E-state index contributed by atoms with van der Waals surface area (Å²) >= 11 is 11.4. The zero-order valence-electron chi connectivity index (χ0n) is 21.6. The lowest BCUT2D eigenvalue weighted by Crippen LogP contribution is -2.55. The third kappa shape index (κ3) is 5.46. The molecule has 33 heavy (non-hydrogen) atoms. The van der Waals surface area contributed by atoms with Gasteiger partial charge >= 0.3 is 0 Å². The summed E-state index contributed by atoms with van der Waals surface area (Å²) in [5.41, 5.74) is 10.9. The number of rotatable bonds is 11. The van der Waals surface area contributed by atoms with Crippen LogP contribution in [0, 0.1) is 28.1 Å². The van der Waals surface area contributed by atoms with Crippen LogP contribution >= 0.6 is 23.8 Å². The van der Waals surface area contributed by atoms with Crippen molar-refractivity contribution in [2.24, 2.45) is 33.8 Å². The molecule has 3 N–H and O–H groups in total. The molecule has 2 fully saturated rings. The molecule has 186 valence electrons. The Hall–Kier alpha value is -0.640. The van der Waals surface area contributed by atoms with Crippen LogP contribution in [0.4, 0.5) is 0 Å². The molecule has 1 aromatic rings. The van der Waals surface area contributed by atoms with Crippen LogP contribution in [0.1, 0.15) is 91.5 Å². The van der Waals surface area contributed by atoms with E-state index in [9.17, 15) is 0 Å². The number of nitrogens with two attached hydrogens (primary N) is 1. The quantitative estimate of drug-likeness (QED) is 0.249. The molecule has 2 saturated carbocycles. The maximum atomic E-state index is 6.77. The van der Waals surface area contributed by atoms with E-state index < -0.39 is 0 Å². The van der Waals surface area contributed by atoms with Gasteiger partial charge in [-0.1, -0.05) is 77.2 Å². The number of hydrogen-bond acceptors (Lipinski definition) is 2. The van der Waals surface area contributed by atoms with Gasteiger partial charge in [0.25, 0.3) is 0 Å². The summed E-state index contributed by atoms with van der Waals surface area (Å²) in [5.74, 6) is 2.20. The highest BCUT2D eigenvalue weighted by molar-refractivity contribution is 7.78. The maximum absolute atomic E-state index is 6.77. The predicted molar refractivity (Wildman–Crippen MR) is 148 cm³/mol. The Morgan fingerprint density at radius 2 is 1.91 bits per heavy atom. The lowest BCUT2D eigenvalue weighted by atomic mass is 9.42. The zero-order chi connectivity index (χ0) is 24.3. The molecule has 6 atom stereocenters. The van der Waals surface area contributed by atoms with Crippen molar-refractivity contribution >= 4 is 29.3 Å². The summed E-state index contributed by atoms with van der Waals surface area (Å²) in [4.78, 5) is 0. The van der Waals surface area contributed by atoms with Gasteiger partial charge in [-0.15, -0.1) is 11.6 Å². The van der Waals surface area contributed by atoms with Crippen LogP contribution in [0.2, 0.25) is 0 Å². The number of thiocarbonyl (C=S) groups is 1. The van der Waals surface area contributed by atoms with Gasteiger partial charge in [0.2, 0.25) is 0 Å². The number of nitrogens with one attached hydrogen (secondary N) is 1. The van der Waals surface area contributed by atoms with Gasteiger partial charge in [0.15, 0.2) is 0 Å².